The Bertz CT molecular complexity index is 1230. The largest absolute Gasteiger partial charge is 0.355 e. The standard InChI is InChI=1S/C27H25ClFN3/c28-20-10-13-22(24(29)16-20)26-17-27(23-6-2-3-7-25(23)31-26)30-21-11-8-19(9-12-21)18-32-14-4-1-5-15-32/h2-3,6-13,16-17H,1,4-5,14-15,18H2,(H,30,31). The molecule has 3 nitrogen and oxygen atoms in total. The maximum atomic E-state index is 14.6. The van der Waals surface area contributed by atoms with E-state index in [1.54, 1.807) is 12.1 Å². The van der Waals surface area contributed by atoms with E-state index in [1.165, 1.54) is 44.0 Å². The number of rotatable bonds is 5. The molecule has 0 spiro atoms. The molecule has 0 bridgehead atoms. The van der Waals surface area contributed by atoms with Gasteiger partial charge < -0.3 is 5.32 Å². The quantitative estimate of drug-likeness (QED) is 0.346. The first-order valence-corrected chi connectivity index (χ1v) is 11.5. The molecule has 4 aromatic rings. The van der Waals surface area contributed by atoms with Crippen molar-refractivity contribution in [1.82, 2.24) is 9.88 Å². The summed E-state index contributed by atoms with van der Waals surface area (Å²) in [6, 6.07) is 23.1. The lowest BCUT2D eigenvalue weighted by molar-refractivity contribution is 0.221. The third-order valence-corrected chi connectivity index (χ3v) is 6.25. The van der Waals surface area contributed by atoms with Gasteiger partial charge in [-0.3, -0.25) is 4.90 Å². The number of hydrogen-bond donors (Lipinski definition) is 1. The number of para-hydroxylation sites is 1. The molecule has 1 N–H and O–H groups in total. The van der Waals surface area contributed by atoms with E-state index in [0.29, 0.717) is 16.3 Å². The maximum absolute atomic E-state index is 14.6. The van der Waals surface area contributed by atoms with E-state index in [1.807, 2.05) is 30.3 Å². The van der Waals surface area contributed by atoms with Crippen LogP contribution in [-0.4, -0.2) is 23.0 Å². The van der Waals surface area contributed by atoms with Crippen LogP contribution >= 0.6 is 11.6 Å². The Labute approximate surface area is 192 Å². The van der Waals surface area contributed by atoms with Gasteiger partial charge in [-0.25, -0.2) is 9.37 Å². The molecule has 1 fully saturated rings. The van der Waals surface area contributed by atoms with Crippen LogP contribution in [0.3, 0.4) is 0 Å². The predicted octanol–water partition coefficient (Wildman–Crippen LogP) is 7.42. The fourth-order valence-corrected chi connectivity index (χ4v) is 4.50. The third-order valence-electron chi connectivity index (χ3n) is 6.01. The molecule has 0 amide bonds. The summed E-state index contributed by atoms with van der Waals surface area (Å²) in [5.41, 5.74) is 5.02. The minimum Gasteiger partial charge on any atom is -0.355 e. The molecule has 5 rings (SSSR count). The SMILES string of the molecule is Fc1cc(Cl)ccc1-c1cc(Nc2ccc(CN3CCCCC3)cc2)c2ccccc2n1. The molecule has 162 valence electrons. The highest BCUT2D eigenvalue weighted by atomic mass is 35.5. The molecule has 2 heterocycles. The highest BCUT2D eigenvalue weighted by molar-refractivity contribution is 6.30. The van der Waals surface area contributed by atoms with Crippen LogP contribution in [0.4, 0.5) is 15.8 Å². The zero-order chi connectivity index (χ0) is 21.9. The summed E-state index contributed by atoms with van der Waals surface area (Å²) in [5, 5.41) is 4.88. The number of nitrogens with one attached hydrogen (secondary N) is 1. The van der Waals surface area contributed by atoms with Crippen LogP contribution in [-0.2, 0) is 6.54 Å². The van der Waals surface area contributed by atoms with Gasteiger partial charge in [-0.2, -0.15) is 0 Å². The molecule has 1 aromatic heterocycles. The Hall–Kier alpha value is -2.95. The van der Waals surface area contributed by atoms with E-state index in [4.69, 9.17) is 11.6 Å². The molecule has 0 unspecified atom stereocenters. The first-order chi connectivity index (χ1) is 15.7. The van der Waals surface area contributed by atoms with Gasteiger partial charge in [0.2, 0.25) is 0 Å². The second-order valence-electron chi connectivity index (χ2n) is 8.36. The van der Waals surface area contributed by atoms with E-state index in [2.05, 4.69) is 39.5 Å². The summed E-state index contributed by atoms with van der Waals surface area (Å²) in [7, 11) is 0. The molecule has 5 heteroatoms. The number of halogens is 2. The van der Waals surface area contributed by atoms with Gasteiger partial charge in [-0.05, 0) is 74.0 Å². The molecular formula is C27H25ClFN3. The number of anilines is 2. The molecule has 1 aliphatic rings. The van der Waals surface area contributed by atoms with Gasteiger partial charge in [0.25, 0.3) is 0 Å². The van der Waals surface area contributed by atoms with Crippen LogP contribution in [0.25, 0.3) is 22.2 Å². The first kappa shape index (κ1) is 20.9. The molecular weight excluding hydrogens is 421 g/mol. The summed E-state index contributed by atoms with van der Waals surface area (Å²) in [6.45, 7) is 3.37. The van der Waals surface area contributed by atoms with Crippen molar-refractivity contribution in [3.05, 3.63) is 89.2 Å². The summed E-state index contributed by atoms with van der Waals surface area (Å²) in [5.74, 6) is -0.381. The fraction of sp³-hybridized carbons (Fsp3) is 0.222. The van der Waals surface area contributed by atoms with Gasteiger partial charge in [-0.15, -0.1) is 0 Å². The molecule has 0 atom stereocenters. The zero-order valence-corrected chi connectivity index (χ0v) is 18.6. The Balaban J connectivity index is 1.44. The monoisotopic (exact) mass is 445 g/mol. The number of pyridine rings is 1. The molecule has 1 saturated heterocycles. The van der Waals surface area contributed by atoms with Gasteiger partial charge >= 0.3 is 0 Å². The Morgan fingerprint density at radius 1 is 0.906 bits per heavy atom. The van der Waals surface area contributed by atoms with Gasteiger partial charge in [0, 0.05) is 28.2 Å². The molecule has 1 aliphatic heterocycles. The van der Waals surface area contributed by atoms with E-state index in [9.17, 15) is 4.39 Å². The number of aromatic nitrogens is 1. The number of likely N-dealkylation sites (tertiary alicyclic amines) is 1. The molecule has 0 saturated carbocycles. The van der Waals surface area contributed by atoms with E-state index >= 15 is 0 Å². The molecule has 3 aromatic carbocycles. The summed E-state index contributed by atoms with van der Waals surface area (Å²) >= 11 is 5.94. The van der Waals surface area contributed by atoms with Crippen molar-refractivity contribution >= 4 is 33.9 Å². The van der Waals surface area contributed by atoms with Crippen LogP contribution < -0.4 is 5.32 Å². The van der Waals surface area contributed by atoms with Crippen molar-refractivity contribution in [3.63, 3.8) is 0 Å². The second-order valence-corrected chi connectivity index (χ2v) is 8.79. The van der Waals surface area contributed by atoms with Crippen molar-refractivity contribution in [2.75, 3.05) is 18.4 Å². The highest BCUT2D eigenvalue weighted by Crippen LogP contribution is 2.32. The lowest BCUT2D eigenvalue weighted by Gasteiger charge is -2.26. The maximum Gasteiger partial charge on any atom is 0.134 e. The average Bonchev–Trinajstić information content (AvgIpc) is 2.81. The summed E-state index contributed by atoms with van der Waals surface area (Å²) < 4.78 is 14.6. The molecule has 32 heavy (non-hydrogen) atoms. The number of nitrogens with zero attached hydrogens (tertiary/aromatic N) is 2. The van der Waals surface area contributed by atoms with Crippen molar-refractivity contribution in [1.29, 1.82) is 0 Å². The number of hydrogen-bond acceptors (Lipinski definition) is 3. The normalized spacial score (nSPS) is 14.6. The van der Waals surface area contributed by atoms with Crippen molar-refractivity contribution < 1.29 is 4.39 Å². The van der Waals surface area contributed by atoms with Crippen LogP contribution in [0.5, 0.6) is 0 Å². The predicted molar refractivity (Wildman–Crippen MR) is 131 cm³/mol. The number of fused-ring (bicyclic) bond motifs is 1. The fourth-order valence-electron chi connectivity index (χ4n) is 4.34. The Morgan fingerprint density at radius 3 is 2.47 bits per heavy atom. The van der Waals surface area contributed by atoms with Crippen LogP contribution in [0.1, 0.15) is 24.8 Å². The smallest absolute Gasteiger partial charge is 0.134 e. The minimum atomic E-state index is -0.381. The van der Waals surface area contributed by atoms with Crippen LogP contribution in [0.2, 0.25) is 5.02 Å². The average molecular weight is 446 g/mol. The van der Waals surface area contributed by atoms with Crippen LogP contribution in [0, 0.1) is 5.82 Å². The third kappa shape index (κ3) is 4.62. The van der Waals surface area contributed by atoms with Gasteiger partial charge in [0.05, 0.1) is 16.9 Å². The first-order valence-electron chi connectivity index (χ1n) is 11.1. The van der Waals surface area contributed by atoms with Crippen LogP contribution in [0.15, 0.2) is 72.8 Å². The topological polar surface area (TPSA) is 28.2 Å². The van der Waals surface area contributed by atoms with Gasteiger partial charge in [0.15, 0.2) is 0 Å². The van der Waals surface area contributed by atoms with Gasteiger partial charge in [0.1, 0.15) is 5.82 Å². The number of benzene rings is 3. The van der Waals surface area contributed by atoms with Crippen molar-refractivity contribution in [3.8, 4) is 11.3 Å². The van der Waals surface area contributed by atoms with E-state index < -0.39 is 0 Å². The van der Waals surface area contributed by atoms with E-state index in [-0.39, 0.29) is 5.82 Å². The van der Waals surface area contributed by atoms with Crippen molar-refractivity contribution in [2.24, 2.45) is 0 Å². The molecule has 0 aliphatic carbocycles. The summed E-state index contributed by atoms with van der Waals surface area (Å²) in [6.07, 6.45) is 3.94. The second kappa shape index (κ2) is 9.27. The lowest BCUT2D eigenvalue weighted by atomic mass is 10.1. The minimum absolute atomic E-state index is 0.370. The lowest BCUT2D eigenvalue weighted by Crippen LogP contribution is -2.29. The molecule has 0 radical (unpaired) electrons. The van der Waals surface area contributed by atoms with Crippen molar-refractivity contribution in [2.45, 2.75) is 25.8 Å². The van der Waals surface area contributed by atoms with E-state index in [0.717, 1.165) is 28.8 Å². The summed E-state index contributed by atoms with van der Waals surface area (Å²) in [4.78, 5) is 7.21. The number of piperidine rings is 1. The van der Waals surface area contributed by atoms with Gasteiger partial charge in [-0.1, -0.05) is 48.4 Å². The Morgan fingerprint density at radius 2 is 1.69 bits per heavy atom. The highest BCUT2D eigenvalue weighted by Gasteiger charge is 2.13. The zero-order valence-electron chi connectivity index (χ0n) is 17.8. The Kier molecular flexibility index (Phi) is 6.06.